The van der Waals surface area contributed by atoms with Crippen LogP contribution in [-0.2, 0) is 19.4 Å². The van der Waals surface area contributed by atoms with Crippen molar-refractivity contribution in [2.45, 2.75) is 38.8 Å². The number of hydrogen-bond acceptors (Lipinski definition) is 4. The SMILES string of the molecule is CN=C(NCCc1cc2ccccc2o1)NC1CCc2nc(C)nn2C1.I. The maximum absolute atomic E-state index is 5.86. The van der Waals surface area contributed by atoms with E-state index in [4.69, 9.17) is 4.42 Å². The average Bonchev–Trinajstić information content (AvgIpc) is 3.22. The van der Waals surface area contributed by atoms with Crippen LogP contribution in [-0.4, -0.2) is 40.4 Å². The molecule has 1 aliphatic heterocycles. The summed E-state index contributed by atoms with van der Waals surface area (Å²) in [4.78, 5) is 8.79. The monoisotopic (exact) mass is 480 g/mol. The van der Waals surface area contributed by atoms with Crippen molar-refractivity contribution in [1.82, 2.24) is 25.4 Å². The molecule has 1 aliphatic rings. The minimum Gasteiger partial charge on any atom is -0.461 e. The molecule has 0 radical (unpaired) electrons. The number of rotatable bonds is 4. The summed E-state index contributed by atoms with van der Waals surface area (Å²) in [5.41, 5.74) is 0.936. The van der Waals surface area contributed by atoms with Gasteiger partial charge in [-0.15, -0.1) is 24.0 Å². The molecule has 1 unspecified atom stereocenters. The van der Waals surface area contributed by atoms with Crippen LogP contribution < -0.4 is 10.6 Å². The van der Waals surface area contributed by atoms with Crippen molar-refractivity contribution < 1.29 is 4.42 Å². The fourth-order valence-electron chi connectivity index (χ4n) is 3.40. The highest BCUT2D eigenvalue weighted by atomic mass is 127. The first-order valence-electron chi connectivity index (χ1n) is 9.06. The normalized spacial score (nSPS) is 16.7. The van der Waals surface area contributed by atoms with Crippen LogP contribution in [0.2, 0.25) is 0 Å². The molecule has 7 nitrogen and oxygen atoms in total. The molecule has 0 aliphatic carbocycles. The number of para-hydroxylation sites is 1. The maximum atomic E-state index is 5.86. The highest BCUT2D eigenvalue weighted by Gasteiger charge is 2.21. The average molecular weight is 480 g/mol. The molecule has 0 bridgehead atoms. The number of aromatic nitrogens is 3. The highest BCUT2D eigenvalue weighted by molar-refractivity contribution is 14.0. The fraction of sp³-hybridized carbons (Fsp3) is 0.421. The predicted molar refractivity (Wildman–Crippen MR) is 117 cm³/mol. The molecule has 8 heteroatoms. The molecule has 0 spiro atoms. The topological polar surface area (TPSA) is 80.3 Å². The third-order valence-electron chi connectivity index (χ3n) is 4.67. The molecule has 3 aromatic rings. The number of hydrogen-bond donors (Lipinski definition) is 2. The summed E-state index contributed by atoms with van der Waals surface area (Å²) >= 11 is 0. The van der Waals surface area contributed by atoms with Gasteiger partial charge in [-0.3, -0.25) is 4.99 Å². The third-order valence-corrected chi connectivity index (χ3v) is 4.67. The number of aryl methyl sites for hydroxylation is 2. The standard InChI is InChI=1S/C19H24N6O.HI/c1-13-22-18-8-7-15(12-25(18)24-13)23-19(20-2)21-10-9-16-11-14-5-3-4-6-17(14)26-16;/h3-6,11,15H,7-10,12H2,1-2H3,(H2,20,21,23);1H. The first-order valence-corrected chi connectivity index (χ1v) is 9.06. The summed E-state index contributed by atoms with van der Waals surface area (Å²) in [5, 5.41) is 12.5. The van der Waals surface area contributed by atoms with E-state index in [1.165, 1.54) is 0 Å². The molecule has 3 heterocycles. The molecule has 4 rings (SSSR count). The second-order valence-corrected chi connectivity index (χ2v) is 6.64. The molecule has 1 aromatic carbocycles. The Balaban J connectivity index is 0.00000210. The van der Waals surface area contributed by atoms with Crippen molar-refractivity contribution in [3.8, 4) is 0 Å². The van der Waals surface area contributed by atoms with E-state index in [1.807, 2.05) is 29.8 Å². The zero-order valence-electron chi connectivity index (χ0n) is 15.6. The molecule has 2 aromatic heterocycles. The summed E-state index contributed by atoms with van der Waals surface area (Å²) in [7, 11) is 1.80. The first kappa shape index (κ1) is 19.7. The van der Waals surface area contributed by atoms with Gasteiger partial charge in [-0.2, -0.15) is 5.10 Å². The number of nitrogens with one attached hydrogen (secondary N) is 2. The Labute approximate surface area is 175 Å². The smallest absolute Gasteiger partial charge is 0.191 e. The van der Waals surface area contributed by atoms with Gasteiger partial charge in [-0.1, -0.05) is 18.2 Å². The molecule has 27 heavy (non-hydrogen) atoms. The van der Waals surface area contributed by atoms with E-state index in [0.29, 0.717) is 6.04 Å². The molecular formula is C19H25IN6O. The molecule has 1 atom stereocenters. The van der Waals surface area contributed by atoms with Crippen LogP contribution in [0.5, 0.6) is 0 Å². The molecule has 0 saturated carbocycles. The fourth-order valence-corrected chi connectivity index (χ4v) is 3.40. The zero-order valence-corrected chi connectivity index (χ0v) is 17.9. The highest BCUT2D eigenvalue weighted by Crippen LogP contribution is 2.18. The maximum Gasteiger partial charge on any atom is 0.191 e. The van der Waals surface area contributed by atoms with E-state index in [2.05, 4.69) is 37.8 Å². The van der Waals surface area contributed by atoms with Crippen LogP contribution in [0.15, 0.2) is 39.7 Å². The van der Waals surface area contributed by atoms with Gasteiger partial charge < -0.3 is 15.1 Å². The lowest BCUT2D eigenvalue weighted by atomic mass is 10.1. The Hall–Kier alpha value is -2.10. The molecular weight excluding hydrogens is 455 g/mol. The van der Waals surface area contributed by atoms with Crippen molar-refractivity contribution in [2.75, 3.05) is 13.6 Å². The summed E-state index contributed by atoms with van der Waals surface area (Å²) in [6, 6.07) is 10.5. The van der Waals surface area contributed by atoms with E-state index < -0.39 is 0 Å². The van der Waals surface area contributed by atoms with Crippen molar-refractivity contribution in [3.05, 3.63) is 47.7 Å². The van der Waals surface area contributed by atoms with E-state index in [-0.39, 0.29) is 24.0 Å². The number of nitrogens with zero attached hydrogens (tertiary/aromatic N) is 4. The van der Waals surface area contributed by atoms with Crippen molar-refractivity contribution in [2.24, 2.45) is 4.99 Å². The number of guanidine groups is 1. The Morgan fingerprint density at radius 3 is 3.04 bits per heavy atom. The van der Waals surface area contributed by atoms with Gasteiger partial charge in [0.25, 0.3) is 0 Å². The molecule has 144 valence electrons. The summed E-state index contributed by atoms with van der Waals surface area (Å²) in [6.07, 6.45) is 2.78. The van der Waals surface area contributed by atoms with Gasteiger partial charge in [0.15, 0.2) is 5.96 Å². The number of halogens is 1. The van der Waals surface area contributed by atoms with Gasteiger partial charge in [-0.25, -0.2) is 9.67 Å². The Bertz CT molecular complexity index is 898. The third kappa shape index (κ3) is 4.60. The van der Waals surface area contributed by atoms with Crippen molar-refractivity contribution in [3.63, 3.8) is 0 Å². The lowest BCUT2D eigenvalue weighted by molar-refractivity contribution is 0.392. The number of benzene rings is 1. The van der Waals surface area contributed by atoms with Crippen LogP contribution in [0.3, 0.4) is 0 Å². The Morgan fingerprint density at radius 1 is 1.37 bits per heavy atom. The van der Waals surface area contributed by atoms with Crippen LogP contribution in [0.25, 0.3) is 11.0 Å². The second-order valence-electron chi connectivity index (χ2n) is 6.64. The molecule has 2 N–H and O–H groups in total. The van der Waals surface area contributed by atoms with Gasteiger partial charge in [0, 0.05) is 37.9 Å². The second kappa shape index (κ2) is 8.73. The Morgan fingerprint density at radius 2 is 2.22 bits per heavy atom. The van der Waals surface area contributed by atoms with Crippen LogP contribution in [0.1, 0.15) is 23.8 Å². The minimum absolute atomic E-state index is 0. The molecule has 0 saturated heterocycles. The summed E-state index contributed by atoms with van der Waals surface area (Å²) in [5.74, 6) is 3.71. The summed E-state index contributed by atoms with van der Waals surface area (Å²) < 4.78 is 7.85. The number of furan rings is 1. The van der Waals surface area contributed by atoms with E-state index in [9.17, 15) is 0 Å². The van der Waals surface area contributed by atoms with E-state index in [0.717, 1.165) is 66.7 Å². The van der Waals surface area contributed by atoms with Crippen molar-refractivity contribution in [1.29, 1.82) is 0 Å². The van der Waals surface area contributed by atoms with Gasteiger partial charge in [0.1, 0.15) is 23.0 Å². The van der Waals surface area contributed by atoms with E-state index in [1.54, 1.807) is 7.05 Å². The van der Waals surface area contributed by atoms with Crippen LogP contribution in [0.4, 0.5) is 0 Å². The molecule has 0 amide bonds. The predicted octanol–water partition coefficient (Wildman–Crippen LogP) is 2.67. The van der Waals surface area contributed by atoms with E-state index >= 15 is 0 Å². The molecule has 0 fully saturated rings. The van der Waals surface area contributed by atoms with Crippen LogP contribution in [0, 0.1) is 6.92 Å². The number of aliphatic imine (C=N–C) groups is 1. The zero-order chi connectivity index (χ0) is 17.9. The first-order chi connectivity index (χ1) is 12.7. The van der Waals surface area contributed by atoms with Gasteiger partial charge in [0.2, 0.25) is 0 Å². The largest absolute Gasteiger partial charge is 0.461 e. The van der Waals surface area contributed by atoms with Gasteiger partial charge >= 0.3 is 0 Å². The summed E-state index contributed by atoms with van der Waals surface area (Å²) in [6.45, 7) is 3.52. The quantitative estimate of drug-likeness (QED) is 0.341. The lowest BCUT2D eigenvalue weighted by Gasteiger charge is -2.25. The Kier molecular flexibility index (Phi) is 6.35. The number of fused-ring (bicyclic) bond motifs is 2. The van der Waals surface area contributed by atoms with Gasteiger partial charge in [0.05, 0.1) is 6.54 Å². The van der Waals surface area contributed by atoms with Crippen LogP contribution >= 0.6 is 24.0 Å². The lowest BCUT2D eigenvalue weighted by Crippen LogP contribution is -2.47. The van der Waals surface area contributed by atoms with Crippen molar-refractivity contribution >= 4 is 40.9 Å². The minimum atomic E-state index is 0. The van der Waals surface area contributed by atoms with Gasteiger partial charge in [-0.05, 0) is 25.5 Å².